The first-order chi connectivity index (χ1) is 8.06. The van der Waals surface area contributed by atoms with Crippen LogP contribution in [0, 0.1) is 12.7 Å². The third-order valence-electron chi connectivity index (χ3n) is 2.66. The number of hydrogen-bond acceptors (Lipinski definition) is 2. The molecule has 0 unspecified atom stereocenters. The summed E-state index contributed by atoms with van der Waals surface area (Å²) in [5, 5.41) is 0. The Balaban J connectivity index is 2.41. The molecule has 0 aliphatic heterocycles. The molecule has 17 heavy (non-hydrogen) atoms. The van der Waals surface area contributed by atoms with Gasteiger partial charge in [-0.1, -0.05) is 6.07 Å². The van der Waals surface area contributed by atoms with Crippen LogP contribution in [0.25, 0.3) is 0 Å². The van der Waals surface area contributed by atoms with E-state index in [2.05, 4.69) is 0 Å². The fourth-order valence-electron chi connectivity index (χ4n) is 1.67. The van der Waals surface area contributed by atoms with Crippen molar-refractivity contribution in [1.82, 2.24) is 4.57 Å². The summed E-state index contributed by atoms with van der Waals surface area (Å²) in [6.45, 7) is 2.21. The molecule has 2 aromatic rings. The van der Waals surface area contributed by atoms with Crippen molar-refractivity contribution in [2.75, 3.05) is 5.73 Å². The minimum absolute atomic E-state index is 0.150. The number of rotatable bonds is 2. The van der Waals surface area contributed by atoms with Crippen LogP contribution in [-0.2, 0) is 6.54 Å². The average molecular weight is 232 g/mol. The van der Waals surface area contributed by atoms with E-state index in [-0.39, 0.29) is 11.4 Å². The molecule has 0 fully saturated rings. The number of aromatic nitrogens is 1. The highest BCUT2D eigenvalue weighted by molar-refractivity contribution is 5.34. The number of halogens is 1. The minimum Gasteiger partial charge on any atom is -0.398 e. The lowest BCUT2D eigenvalue weighted by Gasteiger charge is -2.09. The summed E-state index contributed by atoms with van der Waals surface area (Å²) in [5.41, 5.74) is 7.70. The Morgan fingerprint density at radius 1 is 1.29 bits per heavy atom. The van der Waals surface area contributed by atoms with Gasteiger partial charge in [-0.2, -0.15) is 0 Å². The van der Waals surface area contributed by atoms with Gasteiger partial charge in [0, 0.05) is 18.0 Å². The highest BCUT2D eigenvalue weighted by atomic mass is 19.1. The number of nitrogens with zero attached hydrogens (tertiary/aromatic N) is 1. The SMILES string of the molecule is Cc1ccc(F)cc1Cn1cc(N)ccc1=O. The van der Waals surface area contributed by atoms with Crippen LogP contribution in [-0.4, -0.2) is 4.57 Å². The van der Waals surface area contributed by atoms with Crippen molar-refractivity contribution < 1.29 is 4.39 Å². The fourth-order valence-corrected chi connectivity index (χ4v) is 1.67. The molecule has 2 N–H and O–H groups in total. The molecule has 4 heteroatoms. The van der Waals surface area contributed by atoms with Crippen molar-refractivity contribution in [2.24, 2.45) is 0 Å². The molecule has 1 aromatic carbocycles. The van der Waals surface area contributed by atoms with Crippen molar-refractivity contribution in [3.8, 4) is 0 Å². The second kappa shape index (κ2) is 4.41. The molecule has 0 aliphatic rings. The van der Waals surface area contributed by atoms with E-state index >= 15 is 0 Å². The van der Waals surface area contributed by atoms with Gasteiger partial charge in [0.1, 0.15) is 5.82 Å². The standard InChI is InChI=1S/C13H13FN2O/c1-9-2-3-11(14)6-10(9)7-16-8-12(15)4-5-13(16)17/h2-6,8H,7,15H2,1H3. The smallest absolute Gasteiger partial charge is 0.250 e. The number of aryl methyl sites for hydroxylation is 1. The molecule has 2 rings (SSSR count). The first-order valence-electron chi connectivity index (χ1n) is 5.27. The number of hydrogen-bond donors (Lipinski definition) is 1. The van der Waals surface area contributed by atoms with Gasteiger partial charge in [0.2, 0.25) is 0 Å². The number of nitrogens with two attached hydrogens (primary N) is 1. The molecule has 1 aromatic heterocycles. The third-order valence-corrected chi connectivity index (χ3v) is 2.66. The number of anilines is 1. The maximum Gasteiger partial charge on any atom is 0.250 e. The van der Waals surface area contributed by atoms with E-state index in [1.54, 1.807) is 18.3 Å². The van der Waals surface area contributed by atoms with Crippen molar-refractivity contribution in [2.45, 2.75) is 13.5 Å². The zero-order chi connectivity index (χ0) is 12.4. The predicted octanol–water partition coefficient (Wildman–Crippen LogP) is 1.93. The summed E-state index contributed by atoms with van der Waals surface area (Å²) >= 11 is 0. The van der Waals surface area contributed by atoms with Crippen LogP contribution in [0.15, 0.2) is 41.3 Å². The van der Waals surface area contributed by atoms with Crippen molar-refractivity contribution >= 4 is 5.69 Å². The quantitative estimate of drug-likeness (QED) is 0.860. The Morgan fingerprint density at radius 3 is 2.82 bits per heavy atom. The Kier molecular flexibility index (Phi) is 2.95. The van der Waals surface area contributed by atoms with Crippen LogP contribution < -0.4 is 11.3 Å². The van der Waals surface area contributed by atoms with Gasteiger partial charge in [-0.3, -0.25) is 4.79 Å². The van der Waals surface area contributed by atoms with Crippen molar-refractivity contribution in [3.05, 3.63) is 63.8 Å². The normalized spacial score (nSPS) is 10.5. The molecule has 0 spiro atoms. The zero-order valence-corrected chi connectivity index (χ0v) is 9.48. The van der Waals surface area contributed by atoms with Gasteiger partial charge in [0.15, 0.2) is 0 Å². The molecule has 0 aliphatic carbocycles. The van der Waals surface area contributed by atoms with Crippen LogP contribution in [0.5, 0.6) is 0 Å². The second-order valence-corrected chi connectivity index (χ2v) is 4.00. The summed E-state index contributed by atoms with van der Waals surface area (Å²) in [4.78, 5) is 11.6. The average Bonchev–Trinajstić information content (AvgIpc) is 2.28. The molecular formula is C13H13FN2O. The molecule has 0 saturated heterocycles. The lowest BCUT2D eigenvalue weighted by Crippen LogP contribution is -2.19. The van der Waals surface area contributed by atoms with Crippen molar-refractivity contribution in [1.29, 1.82) is 0 Å². The van der Waals surface area contributed by atoms with E-state index in [1.165, 1.54) is 22.8 Å². The van der Waals surface area contributed by atoms with Crippen LogP contribution in [0.4, 0.5) is 10.1 Å². The van der Waals surface area contributed by atoms with Gasteiger partial charge >= 0.3 is 0 Å². The Morgan fingerprint density at radius 2 is 2.06 bits per heavy atom. The van der Waals surface area contributed by atoms with Gasteiger partial charge in [0.25, 0.3) is 5.56 Å². The number of nitrogen functional groups attached to an aromatic ring is 1. The molecule has 0 atom stereocenters. The van der Waals surface area contributed by atoms with Crippen molar-refractivity contribution in [3.63, 3.8) is 0 Å². The van der Waals surface area contributed by atoms with E-state index in [1.807, 2.05) is 6.92 Å². The van der Waals surface area contributed by atoms with Gasteiger partial charge in [-0.05, 0) is 36.2 Å². The molecule has 0 bridgehead atoms. The van der Waals surface area contributed by atoms with Crippen LogP contribution in [0.3, 0.4) is 0 Å². The van der Waals surface area contributed by atoms with E-state index < -0.39 is 0 Å². The number of pyridine rings is 1. The molecule has 3 nitrogen and oxygen atoms in total. The molecule has 0 radical (unpaired) electrons. The Hall–Kier alpha value is -2.10. The highest BCUT2D eigenvalue weighted by Gasteiger charge is 2.03. The highest BCUT2D eigenvalue weighted by Crippen LogP contribution is 2.11. The maximum atomic E-state index is 13.1. The van der Waals surface area contributed by atoms with Crippen LogP contribution >= 0.6 is 0 Å². The monoisotopic (exact) mass is 232 g/mol. The maximum absolute atomic E-state index is 13.1. The Bertz CT molecular complexity index is 605. The van der Waals surface area contributed by atoms with Crippen LogP contribution in [0.1, 0.15) is 11.1 Å². The first kappa shape index (κ1) is 11.4. The predicted molar refractivity (Wildman–Crippen MR) is 65.4 cm³/mol. The zero-order valence-electron chi connectivity index (χ0n) is 9.48. The van der Waals surface area contributed by atoms with Gasteiger partial charge in [-0.25, -0.2) is 4.39 Å². The minimum atomic E-state index is -0.303. The van der Waals surface area contributed by atoms with E-state index in [4.69, 9.17) is 5.73 Å². The van der Waals surface area contributed by atoms with Crippen LogP contribution in [0.2, 0.25) is 0 Å². The van der Waals surface area contributed by atoms with Gasteiger partial charge < -0.3 is 10.3 Å². The molecule has 1 heterocycles. The molecule has 88 valence electrons. The fraction of sp³-hybridized carbons (Fsp3) is 0.154. The largest absolute Gasteiger partial charge is 0.398 e. The summed E-state index contributed by atoms with van der Waals surface area (Å²) in [6, 6.07) is 7.50. The summed E-state index contributed by atoms with van der Waals surface area (Å²) in [6.07, 6.45) is 1.56. The second-order valence-electron chi connectivity index (χ2n) is 4.00. The van der Waals surface area contributed by atoms with E-state index in [0.717, 1.165) is 11.1 Å². The van der Waals surface area contributed by atoms with E-state index in [0.29, 0.717) is 12.2 Å². The summed E-state index contributed by atoms with van der Waals surface area (Å²) in [7, 11) is 0. The van der Waals surface area contributed by atoms with Gasteiger partial charge in [-0.15, -0.1) is 0 Å². The summed E-state index contributed by atoms with van der Waals surface area (Å²) in [5.74, 6) is -0.303. The summed E-state index contributed by atoms with van der Waals surface area (Å²) < 4.78 is 14.6. The topological polar surface area (TPSA) is 48.0 Å². The molecular weight excluding hydrogens is 219 g/mol. The molecule has 0 saturated carbocycles. The molecule has 0 amide bonds. The van der Waals surface area contributed by atoms with E-state index in [9.17, 15) is 9.18 Å². The number of benzene rings is 1. The lowest BCUT2D eigenvalue weighted by molar-refractivity contribution is 0.622. The van der Waals surface area contributed by atoms with Gasteiger partial charge in [0.05, 0.1) is 6.54 Å². The lowest BCUT2D eigenvalue weighted by atomic mass is 10.1. The third kappa shape index (κ3) is 2.53. The first-order valence-corrected chi connectivity index (χ1v) is 5.27. The Labute approximate surface area is 98.3 Å².